The van der Waals surface area contributed by atoms with E-state index in [1.165, 1.54) is 13.2 Å². The molecule has 0 saturated heterocycles. The summed E-state index contributed by atoms with van der Waals surface area (Å²) >= 11 is 0. The highest BCUT2D eigenvalue weighted by Gasteiger charge is 2.12. The summed E-state index contributed by atoms with van der Waals surface area (Å²) in [6.07, 6.45) is 1.38. The van der Waals surface area contributed by atoms with Crippen LogP contribution in [0.5, 0.6) is 11.5 Å². The second-order valence-corrected chi connectivity index (χ2v) is 4.39. The van der Waals surface area contributed by atoms with Gasteiger partial charge in [-0.15, -0.1) is 0 Å². The molecule has 0 fully saturated rings. The van der Waals surface area contributed by atoms with Crippen LogP contribution in [0.3, 0.4) is 0 Å². The Kier molecular flexibility index (Phi) is 7.85. The van der Waals surface area contributed by atoms with Crippen LogP contribution in [0.15, 0.2) is 23.8 Å². The second kappa shape index (κ2) is 9.90. The molecule has 0 unspecified atom stereocenters. The standard InChI is InChI=1S/C17H19NO6/c1-4-22-16(19)11-24-14-7-6-12(9-15(14)21-3)8-13(10-18)17(20)23-5-2/h6-9H,4-5,11H2,1-3H3. The summed E-state index contributed by atoms with van der Waals surface area (Å²) in [6.45, 7) is 3.57. The summed E-state index contributed by atoms with van der Waals surface area (Å²) < 4.78 is 20.1. The number of methoxy groups -OCH3 is 1. The third-order valence-corrected chi connectivity index (χ3v) is 2.77. The van der Waals surface area contributed by atoms with Crippen molar-refractivity contribution in [2.24, 2.45) is 0 Å². The molecule has 0 aliphatic carbocycles. The zero-order valence-electron chi connectivity index (χ0n) is 13.8. The van der Waals surface area contributed by atoms with Gasteiger partial charge in [0.05, 0.1) is 20.3 Å². The van der Waals surface area contributed by atoms with Crippen molar-refractivity contribution in [3.05, 3.63) is 29.3 Å². The van der Waals surface area contributed by atoms with Crippen LogP contribution in [0.2, 0.25) is 0 Å². The van der Waals surface area contributed by atoms with E-state index < -0.39 is 11.9 Å². The molecule has 1 rings (SSSR count). The normalized spacial score (nSPS) is 10.5. The Morgan fingerprint density at radius 1 is 1.17 bits per heavy atom. The molecule has 24 heavy (non-hydrogen) atoms. The quantitative estimate of drug-likeness (QED) is 0.408. The SMILES string of the molecule is CCOC(=O)COc1ccc(C=C(C#N)C(=O)OCC)cc1OC. The summed E-state index contributed by atoms with van der Waals surface area (Å²) in [5, 5.41) is 9.03. The van der Waals surface area contributed by atoms with Gasteiger partial charge in [0.25, 0.3) is 0 Å². The van der Waals surface area contributed by atoms with Gasteiger partial charge in [0.1, 0.15) is 11.6 Å². The fourth-order valence-electron chi connectivity index (χ4n) is 1.74. The van der Waals surface area contributed by atoms with Crippen LogP contribution in [-0.4, -0.2) is 38.9 Å². The monoisotopic (exact) mass is 333 g/mol. The van der Waals surface area contributed by atoms with Gasteiger partial charge in [0.15, 0.2) is 18.1 Å². The zero-order chi connectivity index (χ0) is 17.9. The molecule has 0 saturated carbocycles. The fraction of sp³-hybridized carbons (Fsp3) is 0.353. The number of benzene rings is 1. The van der Waals surface area contributed by atoms with Crippen molar-refractivity contribution < 1.29 is 28.5 Å². The van der Waals surface area contributed by atoms with Crippen LogP contribution in [0.1, 0.15) is 19.4 Å². The van der Waals surface area contributed by atoms with Gasteiger partial charge in [-0.25, -0.2) is 9.59 Å². The van der Waals surface area contributed by atoms with Crippen molar-refractivity contribution in [3.63, 3.8) is 0 Å². The van der Waals surface area contributed by atoms with Gasteiger partial charge in [0, 0.05) is 0 Å². The van der Waals surface area contributed by atoms with Gasteiger partial charge in [-0.3, -0.25) is 0 Å². The number of rotatable bonds is 8. The van der Waals surface area contributed by atoms with Crippen LogP contribution >= 0.6 is 0 Å². The topological polar surface area (TPSA) is 94.9 Å². The highest BCUT2D eigenvalue weighted by Crippen LogP contribution is 2.29. The predicted octanol–water partition coefficient (Wildman–Crippen LogP) is 2.11. The Hall–Kier alpha value is -3.01. The van der Waals surface area contributed by atoms with Crippen molar-refractivity contribution in [2.45, 2.75) is 13.8 Å². The van der Waals surface area contributed by atoms with E-state index >= 15 is 0 Å². The molecule has 1 aromatic carbocycles. The maximum atomic E-state index is 11.6. The van der Waals surface area contributed by atoms with Crippen LogP contribution in [0, 0.1) is 11.3 Å². The Morgan fingerprint density at radius 3 is 2.46 bits per heavy atom. The highest BCUT2D eigenvalue weighted by atomic mass is 16.6. The Morgan fingerprint density at radius 2 is 1.88 bits per heavy atom. The molecule has 0 radical (unpaired) electrons. The molecule has 0 spiro atoms. The maximum Gasteiger partial charge on any atom is 0.348 e. The van der Waals surface area contributed by atoms with Crippen LogP contribution in [0.4, 0.5) is 0 Å². The van der Waals surface area contributed by atoms with Crippen LogP contribution < -0.4 is 9.47 Å². The van der Waals surface area contributed by atoms with Crippen LogP contribution in [0.25, 0.3) is 6.08 Å². The first-order valence-electron chi connectivity index (χ1n) is 7.31. The summed E-state index contributed by atoms with van der Waals surface area (Å²) in [5.41, 5.74) is 0.430. The molecule has 0 aliphatic heterocycles. The Balaban J connectivity index is 2.95. The van der Waals surface area contributed by atoms with Gasteiger partial charge in [-0.1, -0.05) is 6.07 Å². The largest absolute Gasteiger partial charge is 0.493 e. The first-order valence-corrected chi connectivity index (χ1v) is 7.31. The first-order chi connectivity index (χ1) is 11.5. The predicted molar refractivity (Wildman–Crippen MR) is 85.3 cm³/mol. The number of hydrogen-bond acceptors (Lipinski definition) is 7. The number of hydrogen-bond donors (Lipinski definition) is 0. The molecule has 0 bridgehead atoms. The van der Waals surface area contributed by atoms with E-state index in [1.54, 1.807) is 38.1 Å². The number of nitrogens with zero attached hydrogens (tertiary/aromatic N) is 1. The number of ether oxygens (including phenoxy) is 4. The summed E-state index contributed by atoms with van der Waals surface area (Å²) in [6, 6.07) is 6.57. The summed E-state index contributed by atoms with van der Waals surface area (Å²) in [5.74, 6) is -0.481. The number of nitriles is 1. The smallest absolute Gasteiger partial charge is 0.348 e. The third kappa shape index (κ3) is 5.65. The molecule has 1 aromatic rings. The fourth-order valence-corrected chi connectivity index (χ4v) is 1.74. The molecule has 7 nitrogen and oxygen atoms in total. The minimum absolute atomic E-state index is 0.126. The van der Waals surface area contributed by atoms with E-state index in [0.717, 1.165) is 0 Å². The Bertz CT molecular complexity index is 660. The van der Waals surface area contributed by atoms with Gasteiger partial charge >= 0.3 is 11.9 Å². The number of esters is 2. The van der Waals surface area contributed by atoms with Gasteiger partial charge in [-0.05, 0) is 37.6 Å². The third-order valence-electron chi connectivity index (χ3n) is 2.77. The van der Waals surface area contributed by atoms with E-state index in [1.807, 2.05) is 0 Å². The number of carbonyl (C=O) groups excluding carboxylic acids is 2. The molecule has 0 aliphatic rings. The Labute approximate surface area is 140 Å². The molecule has 0 heterocycles. The van der Waals surface area contributed by atoms with E-state index in [-0.39, 0.29) is 25.4 Å². The van der Waals surface area contributed by atoms with Crippen molar-refractivity contribution in [1.82, 2.24) is 0 Å². The van der Waals surface area contributed by atoms with Gasteiger partial charge in [0.2, 0.25) is 0 Å². The summed E-state index contributed by atoms with van der Waals surface area (Å²) in [7, 11) is 1.44. The van der Waals surface area contributed by atoms with E-state index in [9.17, 15) is 9.59 Å². The summed E-state index contributed by atoms with van der Waals surface area (Å²) in [4.78, 5) is 22.9. The van der Waals surface area contributed by atoms with Crippen molar-refractivity contribution in [3.8, 4) is 17.6 Å². The average molecular weight is 333 g/mol. The maximum absolute atomic E-state index is 11.6. The van der Waals surface area contributed by atoms with Crippen LogP contribution in [-0.2, 0) is 19.1 Å². The average Bonchev–Trinajstić information content (AvgIpc) is 2.58. The van der Waals surface area contributed by atoms with Crippen molar-refractivity contribution in [2.75, 3.05) is 26.9 Å². The lowest BCUT2D eigenvalue weighted by Gasteiger charge is -2.11. The lowest BCUT2D eigenvalue weighted by Crippen LogP contribution is -2.14. The second-order valence-electron chi connectivity index (χ2n) is 4.39. The first kappa shape index (κ1) is 19.0. The van der Waals surface area contributed by atoms with E-state index in [4.69, 9.17) is 24.2 Å². The molecule has 128 valence electrons. The van der Waals surface area contributed by atoms with Gasteiger partial charge < -0.3 is 18.9 Å². The van der Waals surface area contributed by atoms with Crippen molar-refractivity contribution in [1.29, 1.82) is 5.26 Å². The minimum Gasteiger partial charge on any atom is -0.493 e. The molecule has 0 amide bonds. The lowest BCUT2D eigenvalue weighted by atomic mass is 10.1. The number of carbonyl (C=O) groups is 2. The molecule has 7 heteroatoms. The van der Waals surface area contributed by atoms with E-state index in [2.05, 4.69) is 0 Å². The van der Waals surface area contributed by atoms with E-state index in [0.29, 0.717) is 17.1 Å². The molecular formula is C17H19NO6. The molecular weight excluding hydrogens is 314 g/mol. The minimum atomic E-state index is -0.693. The molecule has 0 aromatic heterocycles. The molecule has 0 N–H and O–H groups in total. The van der Waals surface area contributed by atoms with Crippen molar-refractivity contribution >= 4 is 18.0 Å². The lowest BCUT2D eigenvalue weighted by molar-refractivity contribution is -0.145. The zero-order valence-corrected chi connectivity index (χ0v) is 13.8. The highest BCUT2D eigenvalue weighted by molar-refractivity contribution is 5.97. The van der Waals surface area contributed by atoms with Gasteiger partial charge in [-0.2, -0.15) is 5.26 Å². The molecule has 0 atom stereocenters.